The molecule has 228 valence electrons. The molecule has 0 bridgehead atoms. The predicted molar refractivity (Wildman–Crippen MR) is 197 cm³/mol. The number of benzene rings is 6. The summed E-state index contributed by atoms with van der Waals surface area (Å²) in [6.45, 7) is 5.72. The van der Waals surface area contributed by atoms with Crippen molar-refractivity contribution in [2.75, 3.05) is 0 Å². The molecule has 0 saturated carbocycles. The van der Waals surface area contributed by atoms with Crippen molar-refractivity contribution < 1.29 is 9.53 Å². The molecule has 0 amide bonds. The molecule has 0 N–H and O–H groups in total. The molecular formula is C41H30BrN3O2. The third-order valence-corrected chi connectivity index (χ3v) is 9.69. The van der Waals surface area contributed by atoms with Crippen LogP contribution < -0.4 is 0 Å². The Morgan fingerprint density at radius 1 is 0.553 bits per heavy atom. The van der Waals surface area contributed by atoms with Gasteiger partial charge >= 0.3 is 6.09 Å². The molecule has 3 aromatic heterocycles. The number of halogens is 1. The van der Waals surface area contributed by atoms with Gasteiger partial charge in [-0.3, -0.25) is 0 Å². The number of hydrogen-bond donors (Lipinski definition) is 0. The molecular weight excluding hydrogens is 646 g/mol. The summed E-state index contributed by atoms with van der Waals surface area (Å²) in [6, 6.07) is 44.4. The minimum absolute atomic E-state index is 0.408. The lowest BCUT2D eigenvalue weighted by Gasteiger charge is -2.21. The first kappa shape index (κ1) is 27.9. The van der Waals surface area contributed by atoms with Gasteiger partial charge < -0.3 is 13.9 Å². The van der Waals surface area contributed by atoms with Crippen molar-refractivity contribution in [1.29, 1.82) is 0 Å². The minimum atomic E-state index is -0.673. The third kappa shape index (κ3) is 4.11. The standard InChI is InChI=1S/C41H30BrN3O2/c1-41(2,3)47-40(46)45-36-23-22-25(43-33-18-7-4-12-26(33)27-13-5-8-19-34(27)43)24-31(36)30-16-11-21-37(39(30)45)44-35-20-9-6-14-28(35)29-15-10-17-32(42)38(29)44/h4-24H,1-3H3. The summed E-state index contributed by atoms with van der Waals surface area (Å²) in [4.78, 5) is 14.2. The second kappa shape index (κ2) is 10.1. The molecule has 0 atom stereocenters. The van der Waals surface area contributed by atoms with Crippen LogP contribution in [0.4, 0.5) is 4.79 Å². The highest BCUT2D eigenvalue weighted by atomic mass is 79.9. The number of nitrogens with zero attached hydrogens (tertiary/aromatic N) is 3. The van der Waals surface area contributed by atoms with E-state index in [4.69, 9.17) is 4.74 Å². The summed E-state index contributed by atoms with van der Waals surface area (Å²) in [7, 11) is 0. The minimum Gasteiger partial charge on any atom is -0.443 e. The average Bonchev–Trinajstić information content (AvgIpc) is 3.70. The molecule has 0 fully saturated rings. The summed E-state index contributed by atoms with van der Waals surface area (Å²) >= 11 is 3.86. The summed E-state index contributed by atoms with van der Waals surface area (Å²) in [6.07, 6.45) is -0.408. The van der Waals surface area contributed by atoms with Crippen LogP contribution in [0.2, 0.25) is 0 Å². The summed E-state index contributed by atoms with van der Waals surface area (Å²) in [5.41, 5.74) is 7.25. The fraction of sp³-hybridized carbons (Fsp3) is 0.0976. The van der Waals surface area contributed by atoms with Gasteiger partial charge in [0.05, 0.1) is 38.8 Å². The monoisotopic (exact) mass is 675 g/mol. The van der Waals surface area contributed by atoms with Crippen molar-refractivity contribution in [2.45, 2.75) is 26.4 Å². The second-order valence-electron chi connectivity index (χ2n) is 13.0. The molecule has 0 aliphatic carbocycles. The number of aromatic nitrogens is 3. The van der Waals surface area contributed by atoms with Crippen molar-refractivity contribution in [2.24, 2.45) is 0 Å². The van der Waals surface area contributed by atoms with E-state index >= 15 is 0 Å². The van der Waals surface area contributed by atoms with Crippen molar-refractivity contribution in [3.05, 3.63) is 132 Å². The largest absolute Gasteiger partial charge is 0.443 e. The molecule has 9 rings (SSSR count). The number of ether oxygens (including phenoxy) is 1. The molecule has 47 heavy (non-hydrogen) atoms. The topological polar surface area (TPSA) is 41.1 Å². The maximum absolute atomic E-state index is 14.2. The van der Waals surface area contributed by atoms with Gasteiger partial charge in [-0.25, -0.2) is 9.36 Å². The van der Waals surface area contributed by atoms with Gasteiger partial charge in [0.25, 0.3) is 0 Å². The molecule has 5 nitrogen and oxygen atoms in total. The fourth-order valence-corrected chi connectivity index (χ4v) is 7.83. The highest BCUT2D eigenvalue weighted by Crippen LogP contribution is 2.41. The first-order valence-electron chi connectivity index (χ1n) is 15.8. The van der Waals surface area contributed by atoms with Crippen LogP contribution in [0.15, 0.2) is 132 Å². The van der Waals surface area contributed by atoms with Gasteiger partial charge in [-0.1, -0.05) is 78.9 Å². The Labute approximate surface area is 279 Å². The van der Waals surface area contributed by atoms with Gasteiger partial charge in [0, 0.05) is 42.5 Å². The van der Waals surface area contributed by atoms with Crippen molar-refractivity contribution >= 4 is 87.4 Å². The molecule has 3 heterocycles. The van der Waals surface area contributed by atoms with Gasteiger partial charge in [-0.2, -0.15) is 0 Å². The van der Waals surface area contributed by atoms with E-state index < -0.39 is 11.7 Å². The average molecular weight is 677 g/mol. The van der Waals surface area contributed by atoms with E-state index in [9.17, 15) is 4.79 Å². The number of carbonyl (C=O) groups excluding carboxylic acids is 1. The van der Waals surface area contributed by atoms with Gasteiger partial charge in [-0.05, 0) is 85.2 Å². The first-order valence-corrected chi connectivity index (χ1v) is 16.6. The van der Waals surface area contributed by atoms with E-state index in [1.807, 2.05) is 20.8 Å². The van der Waals surface area contributed by atoms with Crippen LogP contribution >= 0.6 is 15.9 Å². The zero-order chi connectivity index (χ0) is 32.0. The van der Waals surface area contributed by atoms with E-state index in [1.54, 1.807) is 4.57 Å². The third-order valence-electron chi connectivity index (χ3n) is 9.05. The zero-order valence-electron chi connectivity index (χ0n) is 26.2. The molecule has 0 unspecified atom stereocenters. The van der Waals surface area contributed by atoms with E-state index in [-0.39, 0.29) is 0 Å². The zero-order valence-corrected chi connectivity index (χ0v) is 27.7. The fourth-order valence-electron chi connectivity index (χ4n) is 7.28. The summed E-state index contributed by atoms with van der Waals surface area (Å²) in [5, 5.41) is 6.66. The van der Waals surface area contributed by atoms with Crippen LogP contribution in [0, 0.1) is 0 Å². The Hall–Kier alpha value is -5.33. The number of para-hydroxylation sites is 5. The molecule has 6 aromatic carbocycles. The molecule has 0 saturated heterocycles. The van der Waals surface area contributed by atoms with Crippen molar-refractivity contribution in [1.82, 2.24) is 13.7 Å². The Bertz CT molecular complexity index is 2690. The maximum Gasteiger partial charge on any atom is 0.419 e. The van der Waals surface area contributed by atoms with E-state index in [2.05, 4.69) is 152 Å². The lowest BCUT2D eigenvalue weighted by Crippen LogP contribution is -2.27. The summed E-state index contributed by atoms with van der Waals surface area (Å²) < 4.78 is 13.4. The van der Waals surface area contributed by atoms with Crippen molar-refractivity contribution in [3.8, 4) is 11.4 Å². The second-order valence-corrected chi connectivity index (χ2v) is 13.9. The highest BCUT2D eigenvalue weighted by molar-refractivity contribution is 9.10. The van der Waals surface area contributed by atoms with E-state index in [1.165, 1.54) is 10.8 Å². The SMILES string of the molecule is CC(C)(C)OC(=O)n1c2ccc(-n3c4ccccc4c4ccccc43)cc2c2cccc(-n3c4ccccc4c4cccc(Br)c43)c21. The van der Waals surface area contributed by atoms with Gasteiger partial charge in [-0.15, -0.1) is 0 Å². The van der Waals surface area contributed by atoms with Gasteiger partial charge in [0.15, 0.2) is 0 Å². The maximum atomic E-state index is 14.2. The lowest BCUT2D eigenvalue weighted by molar-refractivity contribution is 0.0551. The Balaban J connectivity index is 1.41. The molecule has 0 aliphatic rings. The van der Waals surface area contributed by atoms with E-state index in [0.29, 0.717) is 0 Å². The number of hydrogen-bond acceptors (Lipinski definition) is 2. The van der Waals surface area contributed by atoms with Crippen LogP contribution in [0.3, 0.4) is 0 Å². The Morgan fingerprint density at radius 2 is 1.09 bits per heavy atom. The van der Waals surface area contributed by atoms with Crippen LogP contribution in [0.25, 0.3) is 76.8 Å². The summed E-state index contributed by atoms with van der Waals surface area (Å²) in [5.74, 6) is 0. The molecule has 0 aliphatic heterocycles. The number of rotatable bonds is 2. The van der Waals surface area contributed by atoms with Gasteiger partial charge in [0.1, 0.15) is 5.60 Å². The smallest absolute Gasteiger partial charge is 0.419 e. The van der Waals surface area contributed by atoms with Crippen LogP contribution in [0.5, 0.6) is 0 Å². The normalized spacial score (nSPS) is 12.3. The Kier molecular flexibility index (Phi) is 5.99. The van der Waals surface area contributed by atoms with Crippen molar-refractivity contribution in [3.63, 3.8) is 0 Å². The quantitative estimate of drug-likeness (QED) is 0.183. The van der Waals surface area contributed by atoms with Crippen LogP contribution in [-0.4, -0.2) is 25.4 Å². The lowest BCUT2D eigenvalue weighted by atomic mass is 10.1. The number of fused-ring (bicyclic) bond motifs is 9. The Morgan fingerprint density at radius 3 is 1.72 bits per heavy atom. The highest BCUT2D eigenvalue weighted by Gasteiger charge is 2.26. The molecule has 9 aromatic rings. The molecule has 6 heteroatoms. The van der Waals surface area contributed by atoms with Crippen LogP contribution in [0.1, 0.15) is 20.8 Å². The molecule has 0 radical (unpaired) electrons. The predicted octanol–water partition coefficient (Wildman–Crippen LogP) is 11.5. The number of carbonyl (C=O) groups is 1. The van der Waals surface area contributed by atoms with Gasteiger partial charge in [0.2, 0.25) is 0 Å². The molecule has 0 spiro atoms. The van der Waals surface area contributed by atoms with Crippen LogP contribution in [-0.2, 0) is 4.74 Å². The van der Waals surface area contributed by atoms with E-state index in [0.717, 1.165) is 70.5 Å². The first-order chi connectivity index (χ1) is 22.8.